The first-order chi connectivity index (χ1) is 9.36. The number of ether oxygens (including phenoxy) is 2. The summed E-state index contributed by atoms with van der Waals surface area (Å²) >= 11 is 5.97. The van der Waals surface area contributed by atoms with Crippen molar-refractivity contribution in [3.8, 4) is 11.5 Å². The number of hydrogen-bond donors (Lipinski definition) is 1. The Balaban J connectivity index is 1.93. The predicted molar refractivity (Wildman–Crippen MR) is 63.3 cm³/mol. The van der Waals surface area contributed by atoms with E-state index in [1.54, 1.807) is 6.07 Å². The molecule has 0 unspecified atom stereocenters. The molecule has 1 aliphatic heterocycles. The molecule has 106 valence electrons. The van der Waals surface area contributed by atoms with Crippen LogP contribution in [0.5, 0.6) is 11.5 Å². The Bertz CT molecular complexity index is 627. The van der Waals surface area contributed by atoms with Crippen molar-refractivity contribution in [2.45, 2.75) is 12.2 Å². The van der Waals surface area contributed by atoms with Crippen molar-refractivity contribution < 1.29 is 27.4 Å². The van der Waals surface area contributed by atoms with Gasteiger partial charge in [0, 0.05) is 10.6 Å². The highest BCUT2D eigenvalue weighted by Gasteiger charge is 2.41. The lowest BCUT2D eigenvalue weighted by Gasteiger charge is -2.15. The van der Waals surface area contributed by atoms with Gasteiger partial charge in [0.15, 0.2) is 11.5 Å². The summed E-state index contributed by atoms with van der Waals surface area (Å²) in [4.78, 5) is 11.0. The van der Waals surface area contributed by atoms with E-state index in [2.05, 4.69) is 0 Å². The third-order valence-corrected chi connectivity index (χ3v) is 3.32. The van der Waals surface area contributed by atoms with E-state index >= 15 is 0 Å². The molecular formula is C12H7ClF3NO3. The summed E-state index contributed by atoms with van der Waals surface area (Å²) in [5, 5.41) is 2.13. The Morgan fingerprint density at radius 1 is 1.30 bits per heavy atom. The first kappa shape index (κ1) is 13.1. The first-order valence-corrected chi connectivity index (χ1v) is 5.93. The summed E-state index contributed by atoms with van der Waals surface area (Å²) in [6, 6.07) is 2.15. The highest BCUT2D eigenvalue weighted by atomic mass is 35.5. The van der Waals surface area contributed by atoms with Crippen LogP contribution in [0.1, 0.15) is 17.2 Å². The fourth-order valence-corrected chi connectivity index (χ4v) is 2.38. The van der Waals surface area contributed by atoms with Crippen LogP contribution < -0.4 is 14.8 Å². The van der Waals surface area contributed by atoms with Crippen LogP contribution in [0.2, 0.25) is 0 Å². The van der Waals surface area contributed by atoms with Gasteiger partial charge in [-0.2, -0.15) is 13.2 Å². The molecule has 0 bridgehead atoms. The lowest BCUT2D eigenvalue weighted by atomic mass is 10.1. The van der Waals surface area contributed by atoms with E-state index in [-0.39, 0.29) is 11.8 Å². The quantitative estimate of drug-likeness (QED) is 0.868. The summed E-state index contributed by atoms with van der Waals surface area (Å²) in [6.07, 6.45) is -3.61. The van der Waals surface area contributed by atoms with Gasteiger partial charge in [-0.05, 0) is 23.8 Å². The number of amides is 1. The molecule has 4 nitrogen and oxygen atoms in total. The Kier molecular flexibility index (Phi) is 2.82. The van der Waals surface area contributed by atoms with Crippen LogP contribution in [0.25, 0.3) is 5.03 Å². The standard InChI is InChI=1S/C12H7ClF3NO3/c13-7-3-8(17-11(18)12(14,15)16)6-2-10-9(1-5(6)7)19-4-20-10/h1-3,8H,4H2,(H,17,18)/t8-/m0/s1. The van der Waals surface area contributed by atoms with Crippen molar-refractivity contribution >= 4 is 22.5 Å². The minimum absolute atomic E-state index is 0.0408. The normalized spacial score (nSPS) is 19.6. The minimum Gasteiger partial charge on any atom is -0.454 e. The van der Waals surface area contributed by atoms with Gasteiger partial charge in [-0.15, -0.1) is 0 Å². The van der Waals surface area contributed by atoms with Gasteiger partial charge >= 0.3 is 12.1 Å². The zero-order valence-corrected chi connectivity index (χ0v) is 10.5. The molecule has 0 radical (unpaired) electrons. The molecule has 8 heteroatoms. The van der Waals surface area contributed by atoms with Gasteiger partial charge in [0.2, 0.25) is 6.79 Å². The zero-order chi connectivity index (χ0) is 14.5. The van der Waals surface area contributed by atoms with Gasteiger partial charge in [0.25, 0.3) is 0 Å². The average Bonchev–Trinajstić information content (AvgIpc) is 2.92. The summed E-state index contributed by atoms with van der Waals surface area (Å²) in [5.74, 6) is -1.14. The Hall–Kier alpha value is -1.89. The number of carbonyl (C=O) groups is 1. The molecule has 1 aliphatic carbocycles. The fourth-order valence-electron chi connectivity index (χ4n) is 2.09. The molecule has 1 atom stereocenters. The summed E-state index contributed by atoms with van der Waals surface area (Å²) < 4.78 is 47.2. The second-order valence-corrected chi connectivity index (χ2v) is 4.66. The average molecular weight is 306 g/mol. The van der Waals surface area contributed by atoms with Crippen LogP contribution in [0.4, 0.5) is 13.2 Å². The van der Waals surface area contributed by atoms with Crippen LogP contribution in [-0.4, -0.2) is 18.9 Å². The number of nitrogens with one attached hydrogen (secondary N) is 1. The second-order valence-electron chi connectivity index (χ2n) is 4.26. The molecule has 0 fully saturated rings. The smallest absolute Gasteiger partial charge is 0.454 e. The number of fused-ring (bicyclic) bond motifs is 2. The van der Waals surface area contributed by atoms with Gasteiger partial charge in [-0.1, -0.05) is 11.6 Å². The van der Waals surface area contributed by atoms with E-state index < -0.39 is 18.1 Å². The van der Waals surface area contributed by atoms with E-state index in [0.717, 1.165) is 0 Å². The van der Waals surface area contributed by atoms with Crippen molar-refractivity contribution in [2.24, 2.45) is 0 Å². The van der Waals surface area contributed by atoms with Crippen LogP contribution >= 0.6 is 11.6 Å². The Morgan fingerprint density at radius 3 is 2.60 bits per heavy atom. The van der Waals surface area contributed by atoms with E-state index in [1.165, 1.54) is 12.1 Å². The molecule has 1 aromatic carbocycles. The van der Waals surface area contributed by atoms with E-state index in [1.807, 2.05) is 5.32 Å². The summed E-state index contributed by atoms with van der Waals surface area (Å²) in [7, 11) is 0. The number of benzene rings is 1. The second kappa shape index (κ2) is 4.31. The fraction of sp³-hybridized carbons (Fsp3) is 0.250. The predicted octanol–water partition coefficient (Wildman–Crippen LogP) is 2.73. The number of carbonyl (C=O) groups excluding carboxylic acids is 1. The van der Waals surface area contributed by atoms with Crippen LogP contribution in [-0.2, 0) is 4.79 Å². The van der Waals surface area contributed by atoms with Gasteiger partial charge in [0.1, 0.15) is 0 Å². The maximum Gasteiger partial charge on any atom is 0.471 e. The number of alkyl halides is 3. The molecule has 20 heavy (non-hydrogen) atoms. The lowest BCUT2D eigenvalue weighted by molar-refractivity contribution is -0.174. The van der Waals surface area contributed by atoms with E-state index in [0.29, 0.717) is 22.6 Å². The van der Waals surface area contributed by atoms with Crippen LogP contribution in [0.15, 0.2) is 18.2 Å². The van der Waals surface area contributed by atoms with E-state index in [9.17, 15) is 18.0 Å². The van der Waals surface area contributed by atoms with Gasteiger partial charge in [-0.25, -0.2) is 0 Å². The molecule has 0 saturated carbocycles. The SMILES string of the molecule is O=C(N[C@H]1C=C(Cl)c2cc3c(cc21)OCO3)C(F)(F)F. The number of halogens is 4. The van der Waals surface area contributed by atoms with Crippen molar-refractivity contribution in [3.05, 3.63) is 29.3 Å². The summed E-state index contributed by atoms with van der Waals surface area (Å²) in [6.45, 7) is 0.0408. The number of rotatable bonds is 1. The van der Waals surface area contributed by atoms with Gasteiger partial charge < -0.3 is 14.8 Å². The maximum absolute atomic E-state index is 12.3. The molecule has 1 N–H and O–H groups in total. The Labute approximate surface area is 116 Å². The van der Waals surface area contributed by atoms with Crippen LogP contribution in [0.3, 0.4) is 0 Å². The Morgan fingerprint density at radius 2 is 1.95 bits per heavy atom. The maximum atomic E-state index is 12.3. The van der Waals surface area contributed by atoms with Crippen molar-refractivity contribution in [1.82, 2.24) is 5.32 Å². The molecule has 2 aliphatic rings. The molecule has 1 heterocycles. The lowest BCUT2D eigenvalue weighted by Crippen LogP contribution is -2.38. The topological polar surface area (TPSA) is 47.6 Å². The monoisotopic (exact) mass is 305 g/mol. The van der Waals surface area contributed by atoms with Crippen LogP contribution in [0, 0.1) is 0 Å². The molecule has 1 aromatic rings. The third kappa shape index (κ3) is 2.07. The third-order valence-electron chi connectivity index (χ3n) is 2.99. The molecule has 0 spiro atoms. The molecule has 3 rings (SSSR count). The van der Waals surface area contributed by atoms with Gasteiger partial charge in [-0.3, -0.25) is 4.79 Å². The van der Waals surface area contributed by atoms with Crippen molar-refractivity contribution in [2.75, 3.05) is 6.79 Å². The van der Waals surface area contributed by atoms with Gasteiger partial charge in [0.05, 0.1) is 6.04 Å². The minimum atomic E-state index is -4.95. The highest BCUT2D eigenvalue weighted by molar-refractivity contribution is 6.49. The van der Waals surface area contributed by atoms with E-state index in [4.69, 9.17) is 21.1 Å². The zero-order valence-electron chi connectivity index (χ0n) is 9.75. The molecule has 1 amide bonds. The van der Waals surface area contributed by atoms with Crippen molar-refractivity contribution in [1.29, 1.82) is 0 Å². The van der Waals surface area contributed by atoms with Crippen molar-refractivity contribution in [3.63, 3.8) is 0 Å². The number of hydrogen-bond acceptors (Lipinski definition) is 3. The summed E-state index contributed by atoms with van der Waals surface area (Å²) in [5.41, 5.74) is 0.959. The molecule has 0 saturated heterocycles. The highest BCUT2D eigenvalue weighted by Crippen LogP contribution is 2.44. The molecule has 0 aromatic heterocycles. The first-order valence-electron chi connectivity index (χ1n) is 5.55. The molecular weight excluding hydrogens is 299 g/mol. The largest absolute Gasteiger partial charge is 0.471 e.